The number of carboxylic acids is 1. The van der Waals surface area contributed by atoms with Gasteiger partial charge in [0.15, 0.2) is 5.69 Å². The third-order valence-corrected chi connectivity index (χ3v) is 3.85. The number of nitrogens with zero attached hydrogens (tertiary/aromatic N) is 2. The number of carboxylic acid groups (broad SMARTS) is 1. The fourth-order valence-electron chi connectivity index (χ4n) is 1.96. The number of carbonyl (C=O) groups excluding carboxylic acids is 1. The normalized spacial score (nSPS) is 14.2. The topological polar surface area (TPSA) is 83.6 Å². The summed E-state index contributed by atoms with van der Waals surface area (Å²) in [5, 5.41) is 16.3. The van der Waals surface area contributed by atoms with Crippen LogP contribution in [0.4, 0.5) is 0 Å². The predicted molar refractivity (Wildman–Crippen MR) is 70.7 cm³/mol. The van der Waals surface area contributed by atoms with Gasteiger partial charge < -0.3 is 14.5 Å². The lowest BCUT2D eigenvalue weighted by Crippen LogP contribution is -2.32. The smallest absolute Gasteiger partial charge is 0.374 e. The number of hydrogen-bond acceptors (Lipinski definition) is 5. The lowest BCUT2D eigenvalue weighted by Gasteiger charge is -2.20. The van der Waals surface area contributed by atoms with Gasteiger partial charge in [0, 0.05) is 18.7 Å². The molecule has 1 N–H and O–H groups in total. The molecule has 0 aliphatic heterocycles. The molecule has 0 spiro atoms. The van der Waals surface area contributed by atoms with Crippen LogP contribution in [-0.2, 0) is 6.54 Å². The highest BCUT2D eigenvalue weighted by molar-refractivity contribution is 7.07. The third-order valence-electron chi connectivity index (χ3n) is 3.12. The van der Waals surface area contributed by atoms with Gasteiger partial charge in [0.1, 0.15) is 0 Å². The average molecular weight is 292 g/mol. The maximum atomic E-state index is 12.4. The molecule has 0 bridgehead atoms. The van der Waals surface area contributed by atoms with Crippen LogP contribution in [0.25, 0.3) is 0 Å². The average Bonchev–Trinajstić information content (AvgIpc) is 2.95. The van der Waals surface area contributed by atoms with E-state index in [-0.39, 0.29) is 23.4 Å². The Bertz CT molecular complexity index is 631. The molecular weight excluding hydrogens is 280 g/mol. The monoisotopic (exact) mass is 292 g/mol. The van der Waals surface area contributed by atoms with Crippen LogP contribution >= 0.6 is 11.3 Å². The zero-order valence-corrected chi connectivity index (χ0v) is 11.3. The molecule has 1 saturated carbocycles. The van der Waals surface area contributed by atoms with Crippen molar-refractivity contribution >= 4 is 23.2 Å². The van der Waals surface area contributed by atoms with Crippen LogP contribution in [0.15, 0.2) is 27.4 Å². The Hall–Kier alpha value is -2.15. The molecule has 7 heteroatoms. The van der Waals surface area contributed by atoms with Crippen LogP contribution < -0.4 is 0 Å². The summed E-state index contributed by atoms with van der Waals surface area (Å²) in [6, 6.07) is 3.36. The first kappa shape index (κ1) is 12.9. The van der Waals surface area contributed by atoms with Gasteiger partial charge in [-0.3, -0.25) is 4.79 Å². The van der Waals surface area contributed by atoms with Gasteiger partial charge in [0.05, 0.1) is 0 Å². The van der Waals surface area contributed by atoms with Gasteiger partial charge in [-0.05, 0) is 35.2 Å². The summed E-state index contributed by atoms with van der Waals surface area (Å²) in [7, 11) is 0. The number of rotatable bonds is 5. The minimum atomic E-state index is -1.23. The number of aromatic carboxylic acids is 1. The highest BCUT2D eigenvalue weighted by Crippen LogP contribution is 2.30. The molecule has 0 radical (unpaired) electrons. The fourth-order valence-corrected chi connectivity index (χ4v) is 2.62. The summed E-state index contributed by atoms with van der Waals surface area (Å²) in [5.74, 6) is -1.83. The van der Waals surface area contributed by atoms with E-state index in [1.807, 2.05) is 16.8 Å². The van der Waals surface area contributed by atoms with E-state index in [0.29, 0.717) is 6.54 Å². The molecule has 1 fully saturated rings. The Morgan fingerprint density at radius 3 is 2.85 bits per heavy atom. The maximum Gasteiger partial charge on any atom is 0.374 e. The van der Waals surface area contributed by atoms with E-state index >= 15 is 0 Å². The molecule has 2 aromatic rings. The molecule has 0 atom stereocenters. The number of hydrogen-bond donors (Lipinski definition) is 1. The highest BCUT2D eigenvalue weighted by Gasteiger charge is 2.34. The Kier molecular flexibility index (Phi) is 3.27. The van der Waals surface area contributed by atoms with Crippen molar-refractivity contribution in [2.75, 3.05) is 0 Å². The van der Waals surface area contributed by atoms with Crippen molar-refractivity contribution in [1.82, 2.24) is 10.1 Å². The van der Waals surface area contributed by atoms with E-state index in [4.69, 9.17) is 5.11 Å². The van der Waals surface area contributed by atoms with E-state index < -0.39 is 5.97 Å². The Labute approximate surface area is 118 Å². The maximum absolute atomic E-state index is 12.4. The largest absolute Gasteiger partial charge is 0.475 e. The second-order valence-corrected chi connectivity index (χ2v) is 5.46. The van der Waals surface area contributed by atoms with Gasteiger partial charge >= 0.3 is 5.97 Å². The van der Waals surface area contributed by atoms with E-state index in [1.54, 1.807) is 16.2 Å². The van der Waals surface area contributed by atoms with Gasteiger partial charge in [0.25, 0.3) is 5.91 Å². The van der Waals surface area contributed by atoms with Crippen molar-refractivity contribution in [3.8, 4) is 0 Å². The Morgan fingerprint density at radius 2 is 2.30 bits per heavy atom. The predicted octanol–water partition coefficient (Wildman–Crippen LogP) is 2.24. The molecule has 20 heavy (non-hydrogen) atoms. The summed E-state index contributed by atoms with van der Waals surface area (Å²) in [5.41, 5.74) is 1.11. The van der Waals surface area contributed by atoms with Crippen molar-refractivity contribution in [2.45, 2.75) is 25.4 Å². The number of thiophene rings is 1. The number of aromatic nitrogens is 1. The zero-order chi connectivity index (χ0) is 14.1. The summed E-state index contributed by atoms with van der Waals surface area (Å²) in [6.07, 6.45) is 1.94. The van der Waals surface area contributed by atoms with E-state index in [9.17, 15) is 9.59 Å². The molecule has 0 unspecified atom stereocenters. The van der Waals surface area contributed by atoms with Crippen LogP contribution in [0.3, 0.4) is 0 Å². The molecule has 3 rings (SSSR count). The van der Waals surface area contributed by atoms with E-state index in [2.05, 4.69) is 9.68 Å². The van der Waals surface area contributed by atoms with Crippen molar-refractivity contribution in [2.24, 2.45) is 0 Å². The molecule has 2 aromatic heterocycles. The fraction of sp³-hybridized carbons (Fsp3) is 0.308. The summed E-state index contributed by atoms with van der Waals surface area (Å²) >= 11 is 1.58. The van der Waals surface area contributed by atoms with Crippen molar-refractivity contribution in [3.05, 3.63) is 39.9 Å². The van der Waals surface area contributed by atoms with Crippen LogP contribution in [-0.4, -0.2) is 33.1 Å². The molecular formula is C13H12N2O4S. The minimum absolute atomic E-state index is 0.0459. The quantitative estimate of drug-likeness (QED) is 0.913. The lowest BCUT2D eigenvalue weighted by molar-refractivity contribution is 0.0647. The first-order valence-electron chi connectivity index (χ1n) is 6.17. The number of carbonyl (C=O) groups is 2. The van der Waals surface area contributed by atoms with Crippen LogP contribution in [0.1, 0.15) is 39.4 Å². The van der Waals surface area contributed by atoms with Crippen molar-refractivity contribution < 1.29 is 19.2 Å². The molecule has 0 saturated heterocycles. The zero-order valence-electron chi connectivity index (χ0n) is 10.5. The summed E-state index contributed by atoms with van der Waals surface area (Å²) < 4.78 is 4.64. The summed E-state index contributed by atoms with van der Waals surface area (Å²) in [6.45, 7) is 0.516. The molecule has 6 nitrogen and oxygen atoms in total. The Balaban J connectivity index is 1.79. The first-order valence-corrected chi connectivity index (χ1v) is 7.11. The van der Waals surface area contributed by atoms with Gasteiger partial charge in [0.2, 0.25) is 5.76 Å². The standard InChI is InChI=1S/C13H12N2O4S/c16-12(10-5-11(13(17)18)19-14-10)15(9-1-2-9)6-8-3-4-20-7-8/h3-5,7,9H,1-2,6H2,(H,17,18). The molecule has 2 heterocycles. The van der Waals surface area contributed by atoms with Gasteiger partial charge in [-0.2, -0.15) is 11.3 Å². The van der Waals surface area contributed by atoms with E-state index in [1.165, 1.54) is 6.07 Å². The van der Waals surface area contributed by atoms with Gasteiger partial charge in [-0.25, -0.2) is 4.79 Å². The molecule has 1 amide bonds. The van der Waals surface area contributed by atoms with Crippen LogP contribution in [0.5, 0.6) is 0 Å². The van der Waals surface area contributed by atoms with E-state index in [0.717, 1.165) is 18.4 Å². The Morgan fingerprint density at radius 1 is 1.50 bits per heavy atom. The summed E-state index contributed by atoms with van der Waals surface area (Å²) in [4.78, 5) is 24.9. The SMILES string of the molecule is O=C(O)c1cc(C(=O)N(Cc2ccsc2)C2CC2)no1. The molecule has 104 valence electrons. The molecule has 1 aliphatic carbocycles. The first-order chi connectivity index (χ1) is 9.65. The van der Waals surface area contributed by atoms with Crippen LogP contribution in [0.2, 0.25) is 0 Å². The minimum Gasteiger partial charge on any atom is -0.475 e. The second kappa shape index (κ2) is 5.09. The highest BCUT2D eigenvalue weighted by atomic mass is 32.1. The van der Waals surface area contributed by atoms with Crippen molar-refractivity contribution in [1.29, 1.82) is 0 Å². The van der Waals surface area contributed by atoms with Gasteiger partial charge in [-0.1, -0.05) is 5.16 Å². The third kappa shape index (κ3) is 2.57. The number of amides is 1. The molecule has 0 aromatic carbocycles. The van der Waals surface area contributed by atoms with Crippen LogP contribution in [0, 0.1) is 0 Å². The van der Waals surface area contributed by atoms with Gasteiger partial charge in [-0.15, -0.1) is 0 Å². The second-order valence-electron chi connectivity index (χ2n) is 4.68. The molecule has 1 aliphatic rings. The lowest BCUT2D eigenvalue weighted by atomic mass is 10.2. The van der Waals surface area contributed by atoms with Crippen molar-refractivity contribution in [3.63, 3.8) is 0 Å².